The van der Waals surface area contributed by atoms with Crippen LogP contribution in [0.4, 0.5) is 0 Å². The Morgan fingerprint density at radius 2 is 2.27 bits per heavy atom. The third-order valence-corrected chi connectivity index (χ3v) is 1.22. The zero-order valence-corrected chi connectivity index (χ0v) is 9.16. The average molecular weight is 278 g/mol. The molecule has 0 amide bonds. The van der Waals surface area contributed by atoms with E-state index in [1.807, 2.05) is 0 Å². The second-order valence-corrected chi connectivity index (χ2v) is 2.97. The average Bonchev–Trinajstić information content (AvgIpc) is 1.87. The summed E-state index contributed by atoms with van der Waals surface area (Å²) in [5.74, 6) is 0. The van der Waals surface area contributed by atoms with Gasteiger partial charge in [0, 0.05) is 33.1 Å². The fraction of sp³-hybridized carbons (Fsp3) is 0.750. The first-order valence-corrected chi connectivity index (χ1v) is 3.65. The summed E-state index contributed by atoms with van der Waals surface area (Å²) >= 11 is 5.05. The molecule has 1 unspecified atom stereocenters. The predicted octanol–water partition coefficient (Wildman–Crippen LogP) is 0.339. The summed E-state index contributed by atoms with van der Waals surface area (Å²) in [5.41, 5.74) is 6.70. The molecule has 0 fully saturated rings. The van der Waals surface area contributed by atoms with Crippen molar-refractivity contribution in [3.63, 3.8) is 0 Å². The van der Waals surface area contributed by atoms with Gasteiger partial charge in [0.2, 0.25) is 0 Å². The fourth-order valence-electron chi connectivity index (χ4n) is 0.219. The Balaban J connectivity index is 0. The molecular formula is C4H8MoNO3S2-. The number of thiocarbonyl (C=S) groups is 1. The van der Waals surface area contributed by atoms with Crippen LogP contribution in [0.1, 0.15) is 0 Å². The van der Waals surface area contributed by atoms with E-state index < -0.39 is 6.10 Å². The third kappa shape index (κ3) is 10.8. The molecule has 0 radical (unpaired) electrons. The Morgan fingerprint density at radius 1 is 1.73 bits per heavy atom. The molecule has 0 rings (SSSR count). The summed E-state index contributed by atoms with van der Waals surface area (Å²) in [6.45, 7) is -0.356. The van der Waals surface area contributed by atoms with Gasteiger partial charge in [-0.25, -0.2) is 0 Å². The Labute approximate surface area is 89.0 Å². The molecule has 0 aliphatic carbocycles. The quantitative estimate of drug-likeness (QED) is 0.441. The normalized spacial score (nSPS) is 11.8. The SMILES string of the molecule is [Mo].[NH-]C(=S)SOCC(O)CO. The van der Waals surface area contributed by atoms with Gasteiger partial charge in [0.25, 0.3) is 0 Å². The standard InChI is InChI=1S/C4H9NO3S2.Mo/c5-4(9)10-8-2-3(7)1-6;/h3,6-7H,1-2H2,(H2,5,9);/p-1. The van der Waals surface area contributed by atoms with E-state index in [0.717, 1.165) is 0 Å². The van der Waals surface area contributed by atoms with Gasteiger partial charge in [-0.05, 0) is 4.32 Å². The van der Waals surface area contributed by atoms with E-state index in [2.05, 4.69) is 16.4 Å². The number of aliphatic hydroxyl groups is 2. The smallest absolute Gasteiger partial charge is 0.102 e. The zero-order valence-electron chi connectivity index (χ0n) is 5.52. The molecular weight excluding hydrogens is 270 g/mol. The number of nitrogens with one attached hydrogen (secondary N) is 1. The molecule has 0 bridgehead atoms. The first-order chi connectivity index (χ1) is 4.66. The van der Waals surface area contributed by atoms with Crippen LogP contribution in [0.3, 0.4) is 0 Å². The fourth-order valence-corrected chi connectivity index (χ4v) is 0.695. The molecule has 0 aliphatic heterocycles. The van der Waals surface area contributed by atoms with Crippen LogP contribution in [-0.2, 0) is 25.2 Å². The molecule has 0 aromatic rings. The van der Waals surface area contributed by atoms with Crippen molar-refractivity contribution in [2.24, 2.45) is 0 Å². The molecule has 0 aliphatic rings. The Hall–Kier alpha value is 0.808. The van der Waals surface area contributed by atoms with Crippen molar-refractivity contribution in [1.29, 1.82) is 0 Å². The van der Waals surface area contributed by atoms with E-state index >= 15 is 0 Å². The maximum atomic E-state index is 8.68. The van der Waals surface area contributed by atoms with E-state index in [1.54, 1.807) is 0 Å². The monoisotopic (exact) mass is 280 g/mol. The molecule has 7 heteroatoms. The molecule has 1 atom stereocenters. The van der Waals surface area contributed by atoms with Gasteiger partial charge in [0.15, 0.2) is 0 Å². The zero-order chi connectivity index (χ0) is 7.98. The van der Waals surface area contributed by atoms with E-state index in [4.69, 9.17) is 15.9 Å². The number of hydrogen-bond acceptors (Lipinski definition) is 5. The summed E-state index contributed by atoms with van der Waals surface area (Å²) in [5, 5.41) is 17.0. The molecule has 0 saturated carbocycles. The molecule has 0 saturated heterocycles. The molecule has 66 valence electrons. The molecule has 0 spiro atoms. The minimum Gasteiger partial charge on any atom is -0.682 e. The first-order valence-electron chi connectivity index (χ1n) is 2.50. The van der Waals surface area contributed by atoms with Crippen LogP contribution in [0.5, 0.6) is 0 Å². The second-order valence-electron chi connectivity index (χ2n) is 1.49. The van der Waals surface area contributed by atoms with E-state index in [0.29, 0.717) is 12.0 Å². The predicted molar refractivity (Wildman–Crippen MR) is 43.6 cm³/mol. The summed E-state index contributed by atoms with van der Waals surface area (Å²) in [4.78, 5) is 0. The van der Waals surface area contributed by atoms with Crippen LogP contribution >= 0.6 is 24.3 Å². The molecule has 0 aromatic heterocycles. The van der Waals surface area contributed by atoms with Gasteiger partial charge in [0.1, 0.15) is 6.10 Å². The third-order valence-electron chi connectivity index (χ3n) is 0.606. The number of rotatable bonds is 4. The van der Waals surface area contributed by atoms with Crippen molar-refractivity contribution < 1.29 is 35.5 Å². The Bertz CT molecular complexity index is 116. The largest absolute Gasteiger partial charge is 0.682 e. The Kier molecular flexibility index (Phi) is 11.6. The van der Waals surface area contributed by atoms with Gasteiger partial charge >= 0.3 is 0 Å². The minimum atomic E-state index is -0.887. The van der Waals surface area contributed by atoms with E-state index in [9.17, 15) is 0 Å². The van der Waals surface area contributed by atoms with Crippen LogP contribution in [0, 0.1) is 0 Å². The van der Waals surface area contributed by atoms with Gasteiger partial charge < -0.3 is 20.1 Å². The van der Waals surface area contributed by atoms with Crippen LogP contribution in [0.25, 0.3) is 5.73 Å². The molecule has 3 N–H and O–H groups in total. The number of hydrogen-bond donors (Lipinski definition) is 2. The second kappa shape index (κ2) is 8.90. The van der Waals surface area contributed by atoms with Gasteiger partial charge in [0.05, 0.1) is 13.2 Å². The van der Waals surface area contributed by atoms with Crippen molar-refractivity contribution >= 4 is 28.6 Å². The van der Waals surface area contributed by atoms with Gasteiger partial charge in [-0.15, -0.1) is 0 Å². The van der Waals surface area contributed by atoms with Crippen molar-refractivity contribution in [1.82, 2.24) is 0 Å². The van der Waals surface area contributed by atoms with E-state index in [1.165, 1.54) is 0 Å². The first kappa shape index (κ1) is 14.3. The van der Waals surface area contributed by atoms with Crippen molar-refractivity contribution in [3.05, 3.63) is 5.73 Å². The molecule has 4 nitrogen and oxygen atoms in total. The maximum absolute atomic E-state index is 8.68. The van der Waals surface area contributed by atoms with E-state index in [-0.39, 0.29) is 38.6 Å². The van der Waals surface area contributed by atoms with Crippen LogP contribution in [-0.4, -0.2) is 33.9 Å². The topological polar surface area (TPSA) is 73.5 Å². The van der Waals surface area contributed by atoms with Crippen LogP contribution in [0.15, 0.2) is 0 Å². The summed E-state index contributed by atoms with van der Waals surface area (Å²) in [7, 11) is 0. The Morgan fingerprint density at radius 3 is 2.64 bits per heavy atom. The van der Waals surface area contributed by atoms with Crippen molar-refractivity contribution in [2.75, 3.05) is 13.2 Å². The minimum absolute atomic E-state index is 0. The molecule has 0 aromatic carbocycles. The van der Waals surface area contributed by atoms with Gasteiger partial charge in [-0.1, -0.05) is 12.2 Å². The van der Waals surface area contributed by atoms with Crippen LogP contribution < -0.4 is 0 Å². The number of aliphatic hydroxyl groups excluding tert-OH is 2. The summed E-state index contributed by atoms with van der Waals surface area (Å²) in [6.07, 6.45) is -0.887. The van der Waals surface area contributed by atoms with Gasteiger partial charge in [-0.2, -0.15) is 0 Å². The van der Waals surface area contributed by atoms with Crippen LogP contribution in [0.2, 0.25) is 0 Å². The maximum Gasteiger partial charge on any atom is 0.102 e. The molecule has 0 heterocycles. The van der Waals surface area contributed by atoms with Gasteiger partial charge in [-0.3, -0.25) is 0 Å². The summed E-state index contributed by atoms with van der Waals surface area (Å²) < 4.78 is 4.53. The molecule has 11 heavy (non-hydrogen) atoms. The summed E-state index contributed by atoms with van der Waals surface area (Å²) in [6, 6.07) is 0. The van der Waals surface area contributed by atoms with Crippen molar-refractivity contribution in [3.8, 4) is 0 Å². The van der Waals surface area contributed by atoms with Crippen molar-refractivity contribution in [2.45, 2.75) is 6.10 Å².